The van der Waals surface area contributed by atoms with E-state index in [1.807, 2.05) is 6.92 Å². The molecule has 1 aromatic rings. The molecule has 2 fully saturated rings. The maximum Gasteiger partial charge on any atom is 0.310 e. The first-order valence-corrected chi connectivity index (χ1v) is 9.20. The molecule has 0 aliphatic heterocycles. The molecule has 2 atom stereocenters. The van der Waals surface area contributed by atoms with Gasteiger partial charge in [0.05, 0.1) is 10.3 Å². The normalized spacial score (nSPS) is 29.6. The van der Waals surface area contributed by atoms with Crippen LogP contribution in [0.4, 0.5) is 0 Å². The standard InChI is InChI=1S/C16H21NO4S/c1-2-16(14(18)19)13(15(16)9-3-4-10-15)11-5-7-12(8-6-11)22(17,20)21/h5-8,13H,2-4,9-10H2,1H3,(H,18,19)(H2,17,20,21). The lowest BCUT2D eigenvalue weighted by Crippen LogP contribution is -2.21. The summed E-state index contributed by atoms with van der Waals surface area (Å²) in [5, 5.41) is 14.9. The van der Waals surface area contributed by atoms with Crippen molar-refractivity contribution in [3.63, 3.8) is 0 Å². The van der Waals surface area contributed by atoms with Crippen LogP contribution in [0.25, 0.3) is 0 Å². The number of aliphatic carboxylic acids is 1. The molecule has 0 radical (unpaired) electrons. The number of benzene rings is 1. The monoisotopic (exact) mass is 323 g/mol. The molecule has 1 spiro atoms. The van der Waals surface area contributed by atoms with Crippen molar-refractivity contribution in [1.29, 1.82) is 0 Å². The fraction of sp³-hybridized carbons (Fsp3) is 0.562. The molecule has 0 saturated heterocycles. The lowest BCUT2D eigenvalue weighted by molar-refractivity contribution is -0.145. The molecule has 2 aliphatic rings. The van der Waals surface area contributed by atoms with Gasteiger partial charge in [-0.25, -0.2) is 13.6 Å². The molecule has 0 heterocycles. The highest BCUT2D eigenvalue weighted by Crippen LogP contribution is 2.81. The minimum atomic E-state index is -3.72. The third kappa shape index (κ3) is 1.86. The molecule has 6 heteroatoms. The molecule has 120 valence electrons. The Bertz CT molecular complexity index is 704. The van der Waals surface area contributed by atoms with Gasteiger partial charge >= 0.3 is 5.97 Å². The maximum atomic E-state index is 12.0. The first-order chi connectivity index (χ1) is 10.3. The maximum absolute atomic E-state index is 12.0. The second-order valence-corrected chi connectivity index (χ2v) is 8.10. The van der Waals surface area contributed by atoms with Gasteiger partial charge in [-0.15, -0.1) is 0 Å². The van der Waals surface area contributed by atoms with E-state index in [1.165, 1.54) is 12.1 Å². The van der Waals surface area contributed by atoms with Crippen molar-refractivity contribution in [2.24, 2.45) is 16.0 Å². The number of carboxylic acid groups (broad SMARTS) is 1. The van der Waals surface area contributed by atoms with Gasteiger partial charge in [-0.05, 0) is 42.4 Å². The number of sulfonamides is 1. The Morgan fingerprint density at radius 1 is 1.27 bits per heavy atom. The minimum absolute atomic E-state index is 0.0282. The summed E-state index contributed by atoms with van der Waals surface area (Å²) in [5.41, 5.74) is 0.0575. The van der Waals surface area contributed by atoms with Gasteiger partial charge in [0, 0.05) is 5.92 Å². The molecule has 2 unspecified atom stereocenters. The van der Waals surface area contributed by atoms with Crippen molar-refractivity contribution >= 4 is 16.0 Å². The lowest BCUT2D eigenvalue weighted by atomic mass is 9.89. The highest BCUT2D eigenvalue weighted by molar-refractivity contribution is 7.89. The van der Waals surface area contributed by atoms with Crippen LogP contribution in [0.15, 0.2) is 29.2 Å². The number of rotatable bonds is 4. The first kappa shape index (κ1) is 15.5. The molecule has 3 rings (SSSR count). The lowest BCUT2D eigenvalue weighted by Gasteiger charge is -2.15. The summed E-state index contributed by atoms with van der Waals surface area (Å²) in [4.78, 5) is 12.0. The summed E-state index contributed by atoms with van der Waals surface area (Å²) in [6.07, 6.45) is 4.62. The summed E-state index contributed by atoms with van der Waals surface area (Å²) in [6.45, 7) is 1.94. The number of carbonyl (C=O) groups is 1. The van der Waals surface area contributed by atoms with E-state index >= 15 is 0 Å². The van der Waals surface area contributed by atoms with Crippen LogP contribution in [0.1, 0.15) is 50.5 Å². The molecular weight excluding hydrogens is 302 g/mol. The second kappa shape index (κ2) is 4.80. The van der Waals surface area contributed by atoms with Crippen molar-refractivity contribution in [3.05, 3.63) is 29.8 Å². The zero-order valence-electron chi connectivity index (χ0n) is 12.6. The van der Waals surface area contributed by atoms with Gasteiger partial charge in [0.2, 0.25) is 10.0 Å². The van der Waals surface area contributed by atoms with Crippen LogP contribution in [0.2, 0.25) is 0 Å². The van der Waals surface area contributed by atoms with Crippen LogP contribution in [-0.2, 0) is 14.8 Å². The van der Waals surface area contributed by atoms with Crippen molar-refractivity contribution < 1.29 is 18.3 Å². The quantitative estimate of drug-likeness (QED) is 0.889. The van der Waals surface area contributed by atoms with Crippen LogP contribution in [0.3, 0.4) is 0 Å². The van der Waals surface area contributed by atoms with Crippen molar-refractivity contribution in [2.75, 3.05) is 0 Å². The summed E-state index contributed by atoms with van der Waals surface area (Å²) in [6, 6.07) is 6.41. The Hall–Kier alpha value is -1.40. The summed E-state index contributed by atoms with van der Waals surface area (Å²) >= 11 is 0. The van der Waals surface area contributed by atoms with E-state index in [4.69, 9.17) is 5.14 Å². The summed E-state index contributed by atoms with van der Waals surface area (Å²) in [5.74, 6) is -0.753. The number of nitrogens with two attached hydrogens (primary N) is 1. The van der Waals surface area contributed by atoms with Gasteiger partial charge in [0.1, 0.15) is 0 Å². The van der Waals surface area contributed by atoms with Crippen molar-refractivity contribution in [2.45, 2.75) is 49.8 Å². The minimum Gasteiger partial charge on any atom is -0.481 e. The van der Waals surface area contributed by atoms with E-state index in [0.717, 1.165) is 31.2 Å². The smallest absolute Gasteiger partial charge is 0.310 e. The molecule has 2 aliphatic carbocycles. The summed E-state index contributed by atoms with van der Waals surface area (Å²) in [7, 11) is -3.72. The van der Waals surface area contributed by atoms with Gasteiger partial charge in [-0.2, -0.15) is 0 Å². The van der Waals surface area contributed by atoms with Gasteiger partial charge in [0.25, 0.3) is 0 Å². The highest BCUT2D eigenvalue weighted by Gasteiger charge is 2.79. The zero-order valence-corrected chi connectivity index (χ0v) is 13.4. The van der Waals surface area contributed by atoms with Gasteiger partial charge in [-0.3, -0.25) is 4.79 Å². The molecule has 0 aromatic heterocycles. The van der Waals surface area contributed by atoms with Crippen molar-refractivity contribution in [1.82, 2.24) is 0 Å². The fourth-order valence-corrected chi connectivity index (χ4v) is 5.42. The van der Waals surface area contributed by atoms with Gasteiger partial charge < -0.3 is 5.11 Å². The van der Waals surface area contributed by atoms with Crippen LogP contribution in [0.5, 0.6) is 0 Å². The number of hydrogen-bond donors (Lipinski definition) is 2. The average molecular weight is 323 g/mol. The molecular formula is C16H21NO4S. The fourth-order valence-electron chi connectivity index (χ4n) is 4.90. The molecule has 2 saturated carbocycles. The molecule has 0 bridgehead atoms. The predicted octanol–water partition coefficient (Wildman–Crippen LogP) is 2.47. The Morgan fingerprint density at radius 3 is 2.23 bits per heavy atom. The van der Waals surface area contributed by atoms with E-state index in [1.54, 1.807) is 12.1 Å². The average Bonchev–Trinajstić information content (AvgIpc) is 2.74. The number of primary sulfonamides is 1. The predicted molar refractivity (Wildman–Crippen MR) is 81.8 cm³/mol. The molecule has 1 aromatic carbocycles. The Kier molecular flexibility index (Phi) is 3.38. The molecule has 22 heavy (non-hydrogen) atoms. The van der Waals surface area contributed by atoms with Gasteiger partial charge in [-0.1, -0.05) is 31.9 Å². The summed E-state index contributed by atoms with van der Waals surface area (Å²) < 4.78 is 22.7. The number of hydrogen-bond acceptors (Lipinski definition) is 3. The largest absolute Gasteiger partial charge is 0.481 e. The van der Waals surface area contributed by atoms with E-state index in [-0.39, 0.29) is 16.2 Å². The van der Waals surface area contributed by atoms with Gasteiger partial charge in [0.15, 0.2) is 0 Å². The topological polar surface area (TPSA) is 97.5 Å². The van der Waals surface area contributed by atoms with E-state index in [9.17, 15) is 18.3 Å². The molecule has 5 nitrogen and oxygen atoms in total. The zero-order chi connectivity index (χ0) is 16.2. The first-order valence-electron chi connectivity index (χ1n) is 7.66. The van der Waals surface area contributed by atoms with E-state index in [0.29, 0.717) is 6.42 Å². The van der Waals surface area contributed by atoms with Crippen LogP contribution < -0.4 is 5.14 Å². The number of carboxylic acids is 1. The molecule has 0 amide bonds. The van der Waals surface area contributed by atoms with Crippen LogP contribution in [-0.4, -0.2) is 19.5 Å². The van der Waals surface area contributed by atoms with Crippen molar-refractivity contribution in [3.8, 4) is 0 Å². The third-order valence-corrected chi connectivity index (χ3v) is 6.76. The van der Waals surface area contributed by atoms with Crippen LogP contribution in [0, 0.1) is 10.8 Å². The van der Waals surface area contributed by atoms with Crippen LogP contribution >= 0.6 is 0 Å². The van der Waals surface area contributed by atoms with E-state index in [2.05, 4.69) is 0 Å². The Balaban J connectivity index is 2.02. The second-order valence-electron chi connectivity index (χ2n) is 6.54. The SMILES string of the molecule is CCC1(C(=O)O)C(c2ccc(S(N)(=O)=O)cc2)C12CCCC2. The third-order valence-electron chi connectivity index (χ3n) is 5.83. The highest BCUT2D eigenvalue weighted by atomic mass is 32.2. The van der Waals surface area contributed by atoms with E-state index < -0.39 is 21.4 Å². The Labute approximate surface area is 130 Å². The molecule has 3 N–H and O–H groups in total. The Morgan fingerprint density at radius 2 is 1.82 bits per heavy atom.